The number of hydrogen-bond donors (Lipinski definition) is 1. The summed E-state index contributed by atoms with van der Waals surface area (Å²) >= 11 is 0. The van der Waals surface area contributed by atoms with Gasteiger partial charge in [0.1, 0.15) is 6.26 Å². The molecule has 1 N–H and O–H groups in total. The monoisotopic (exact) mass is 136 g/mol. The van der Waals surface area contributed by atoms with Gasteiger partial charge in [-0.1, -0.05) is 0 Å². The molecule has 1 rings (SSSR count). The molecule has 0 unspecified atom stereocenters. The molecule has 0 radical (unpaired) electrons. The van der Waals surface area contributed by atoms with E-state index in [0.29, 0.717) is 0 Å². The maximum atomic E-state index is 10.0. The van der Waals surface area contributed by atoms with Gasteiger partial charge in [-0.2, -0.15) is 0 Å². The van der Waals surface area contributed by atoms with Gasteiger partial charge in [0.15, 0.2) is 0 Å². The zero-order valence-electron chi connectivity index (χ0n) is 4.00. The minimum atomic E-state index is -0.959. The second-order valence-corrected chi connectivity index (χ2v) is 1.32. The van der Waals surface area contributed by atoms with Crippen molar-refractivity contribution >= 4 is 35.5 Å². The summed E-state index contributed by atoms with van der Waals surface area (Å²) < 4.78 is 4.49. The van der Waals surface area contributed by atoms with Crippen molar-refractivity contribution in [3.63, 3.8) is 0 Å². The van der Waals surface area contributed by atoms with Crippen LogP contribution in [0, 0.1) is 0 Å². The first-order valence-electron chi connectivity index (χ1n) is 2.06. The van der Waals surface area contributed by atoms with E-state index in [1.165, 1.54) is 18.6 Å². The molecule has 9 heavy (non-hydrogen) atoms. The second kappa shape index (κ2) is 3.71. The molecular weight excluding hydrogens is 131 g/mol. The van der Waals surface area contributed by atoms with Gasteiger partial charge in [-0.3, -0.25) is 0 Å². The average molecular weight is 136 g/mol. The van der Waals surface area contributed by atoms with E-state index in [0.717, 1.165) is 0 Å². The summed E-state index contributed by atoms with van der Waals surface area (Å²) in [4.78, 5) is 10.0. The fourth-order valence-corrected chi connectivity index (χ4v) is 0.386. The molecule has 1 heterocycles. The molecule has 1 aromatic rings. The molecule has 0 saturated heterocycles. The summed E-state index contributed by atoms with van der Waals surface area (Å²) in [6.07, 6.45) is 2.51. The fourth-order valence-electron chi connectivity index (χ4n) is 0.386. The summed E-state index contributed by atoms with van der Waals surface area (Å²) in [7, 11) is 0. The van der Waals surface area contributed by atoms with Crippen LogP contribution in [0.25, 0.3) is 0 Å². The number of hydrogen-bond acceptors (Lipinski definition) is 2. The third-order valence-electron chi connectivity index (χ3n) is 0.768. The number of rotatable bonds is 1. The Labute approximate surface area is 74.0 Å². The molecule has 0 atom stereocenters. The van der Waals surface area contributed by atoms with Crippen molar-refractivity contribution in [1.29, 1.82) is 0 Å². The van der Waals surface area contributed by atoms with Gasteiger partial charge < -0.3 is 9.52 Å². The third-order valence-corrected chi connectivity index (χ3v) is 0.768. The first-order valence-corrected chi connectivity index (χ1v) is 2.06. The molecule has 0 amide bonds. The molecule has 0 aliphatic heterocycles. The topological polar surface area (TPSA) is 50.4 Å². The van der Waals surface area contributed by atoms with Gasteiger partial charge in [0.05, 0.1) is 11.8 Å². The quantitative estimate of drug-likeness (QED) is 0.566. The maximum absolute atomic E-state index is 10.0. The molecule has 4 heteroatoms. The summed E-state index contributed by atoms with van der Waals surface area (Å²) in [5.74, 6) is -0.959. The van der Waals surface area contributed by atoms with E-state index in [4.69, 9.17) is 5.11 Å². The van der Waals surface area contributed by atoms with Gasteiger partial charge in [-0.25, -0.2) is 4.79 Å². The van der Waals surface area contributed by atoms with Crippen LogP contribution in [0.4, 0.5) is 0 Å². The van der Waals surface area contributed by atoms with Crippen LogP contribution >= 0.6 is 0 Å². The van der Waals surface area contributed by atoms with E-state index in [9.17, 15) is 4.79 Å². The van der Waals surface area contributed by atoms with Crippen LogP contribution in [0.5, 0.6) is 0 Å². The fraction of sp³-hybridized carbons (Fsp3) is 0. The third kappa shape index (κ3) is 2.22. The average Bonchev–Trinajstić information content (AvgIpc) is 2.12. The van der Waals surface area contributed by atoms with E-state index in [2.05, 4.69) is 4.42 Å². The predicted molar refractivity (Wildman–Crippen MR) is 32.8 cm³/mol. The van der Waals surface area contributed by atoms with E-state index in [1.54, 1.807) is 0 Å². The van der Waals surface area contributed by atoms with Gasteiger partial charge in [-0.15, -0.1) is 0 Å². The molecule has 1 aromatic heterocycles. The van der Waals surface area contributed by atoms with Crippen LogP contribution in [0.3, 0.4) is 0 Å². The van der Waals surface area contributed by atoms with Crippen LogP contribution in [0.2, 0.25) is 0 Å². The molecule has 0 bridgehead atoms. The van der Waals surface area contributed by atoms with Gasteiger partial charge in [0.25, 0.3) is 0 Å². The van der Waals surface area contributed by atoms with Crippen molar-refractivity contribution in [2.24, 2.45) is 0 Å². The standard InChI is InChI=1S/C5H4O3.Na.H/c6-5(7)4-1-2-8-3-4;;/h1-3H,(H,6,7);;. The minimum absolute atomic E-state index is 0. The van der Waals surface area contributed by atoms with E-state index < -0.39 is 5.97 Å². The molecule has 0 saturated carbocycles. The van der Waals surface area contributed by atoms with E-state index in [1.807, 2.05) is 0 Å². The molecule has 0 spiro atoms. The second-order valence-electron chi connectivity index (χ2n) is 1.32. The number of carboxylic acids is 1. The number of furan rings is 1. The van der Waals surface area contributed by atoms with Gasteiger partial charge in [0.2, 0.25) is 0 Å². The molecule has 0 fully saturated rings. The first kappa shape index (κ1) is 8.75. The van der Waals surface area contributed by atoms with Crippen LogP contribution in [-0.4, -0.2) is 40.6 Å². The SMILES string of the molecule is O=C(O)c1ccoc1.[NaH]. The van der Waals surface area contributed by atoms with Crippen molar-refractivity contribution in [2.75, 3.05) is 0 Å². The number of carboxylic acid groups (broad SMARTS) is 1. The normalized spacial score (nSPS) is 8.00. The molecule has 0 aromatic carbocycles. The Morgan fingerprint density at radius 1 is 1.67 bits per heavy atom. The van der Waals surface area contributed by atoms with Gasteiger partial charge >= 0.3 is 35.5 Å². The van der Waals surface area contributed by atoms with Gasteiger partial charge in [-0.05, 0) is 6.07 Å². The Bertz CT molecular complexity index is 180. The van der Waals surface area contributed by atoms with Crippen LogP contribution in [-0.2, 0) is 0 Å². The zero-order valence-corrected chi connectivity index (χ0v) is 4.00. The Morgan fingerprint density at radius 3 is 2.56 bits per heavy atom. The van der Waals surface area contributed by atoms with Crippen LogP contribution < -0.4 is 0 Å². The summed E-state index contributed by atoms with van der Waals surface area (Å²) in [6, 6.07) is 1.39. The molecule has 44 valence electrons. The summed E-state index contributed by atoms with van der Waals surface area (Å²) in [5, 5.41) is 8.21. The Kier molecular flexibility index (Phi) is 3.61. The van der Waals surface area contributed by atoms with Crippen LogP contribution in [0.15, 0.2) is 23.0 Å². The van der Waals surface area contributed by atoms with E-state index in [-0.39, 0.29) is 35.1 Å². The van der Waals surface area contributed by atoms with Crippen molar-refractivity contribution in [3.8, 4) is 0 Å². The number of carbonyl (C=O) groups is 1. The molecule has 3 nitrogen and oxygen atoms in total. The van der Waals surface area contributed by atoms with Crippen molar-refractivity contribution in [3.05, 3.63) is 24.2 Å². The van der Waals surface area contributed by atoms with E-state index >= 15 is 0 Å². The summed E-state index contributed by atoms with van der Waals surface area (Å²) in [5.41, 5.74) is 0.185. The van der Waals surface area contributed by atoms with Gasteiger partial charge in [0, 0.05) is 0 Å². The molecule has 0 aliphatic carbocycles. The summed E-state index contributed by atoms with van der Waals surface area (Å²) in [6.45, 7) is 0. The predicted octanol–water partition coefficient (Wildman–Crippen LogP) is 0.329. The van der Waals surface area contributed by atoms with Crippen molar-refractivity contribution in [2.45, 2.75) is 0 Å². The Morgan fingerprint density at radius 2 is 2.33 bits per heavy atom. The Hall–Kier alpha value is -0.250. The first-order chi connectivity index (χ1) is 3.80. The van der Waals surface area contributed by atoms with Crippen molar-refractivity contribution in [1.82, 2.24) is 0 Å². The van der Waals surface area contributed by atoms with Crippen LogP contribution in [0.1, 0.15) is 10.4 Å². The zero-order chi connectivity index (χ0) is 5.98. The molecular formula is C5H5NaO3. The number of aromatic carboxylic acids is 1. The molecule has 0 aliphatic rings. The van der Waals surface area contributed by atoms with Crippen molar-refractivity contribution < 1.29 is 14.3 Å². The Balaban J connectivity index is 0.000000640.